The molecule has 0 fully saturated rings. The molecule has 1 aromatic heterocycles. The average molecular weight is 322 g/mol. The molecule has 2 rings (SSSR count). The van der Waals surface area contributed by atoms with Crippen molar-refractivity contribution in [3.05, 3.63) is 40.4 Å². The van der Waals surface area contributed by atoms with E-state index < -0.39 is 23.5 Å². The van der Waals surface area contributed by atoms with Crippen LogP contribution in [0.15, 0.2) is 18.2 Å². The van der Waals surface area contributed by atoms with Gasteiger partial charge in [-0.05, 0) is 18.7 Å². The fourth-order valence-corrected chi connectivity index (χ4v) is 2.77. The molecule has 2 aromatic rings. The Kier molecular flexibility index (Phi) is 4.58. The summed E-state index contributed by atoms with van der Waals surface area (Å²) in [5.74, 6) is -1.72. The Morgan fingerprint density at radius 2 is 1.76 bits per heavy atom. The summed E-state index contributed by atoms with van der Waals surface area (Å²) in [6.45, 7) is 2.26. The maximum Gasteiger partial charge on any atom is 0.434 e. The Morgan fingerprint density at radius 1 is 1.14 bits per heavy atom. The molecule has 0 bridgehead atoms. The zero-order chi connectivity index (χ0) is 15.6. The lowest BCUT2D eigenvalue weighted by Gasteiger charge is -2.05. The molecule has 1 aromatic carbocycles. The predicted molar refractivity (Wildman–Crippen MR) is 69.8 cm³/mol. The van der Waals surface area contributed by atoms with Gasteiger partial charge in [0.15, 0.2) is 5.69 Å². The summed E-state index contributed by atoms with van der Waals surface area (Å²) >= 11 is 0.770. The standard InChI is InChI=1S/C13H11F5N2S/c1-2-19-6-10-11(13(16,17)18)20-12(21-10)7-3-8(14)5-9(15)4-7/h3-5,19H,2,6H2,1H3. The average Bonchev–Trinajstić information content (AvgIpc) is 2.79. The molecule has 1 N–H and O–H groups in total. The summed E-state index contributed by atoms with van der Waals surface area (Å²) in [5.41, 5.74) is -1.03. The SMILES string of the molecule is CCNCc1sc(-c2cc(F)cc(F)c2)nc1C(F)(F)F. The van der Waals surface area contributed by atoms with E-state index in [0.717, 1.165) is 23.5 Å². The third-order valence-electron chi connectivity index (χ3n) is 2.61. The van der Waals surface area contributed by atoms with Crippen LogP contribution in [-0.2, 0) is 12.7 Å². The van der Waals surface area contributed by atoms with Crippen LogP contribution in [0.5, 0.6) is 0 Å². The predicted octanol–water partition coefficient (Wildman–Crippen LogP) is 4.22. The van der Waals surface area contributed by atoms with Crippen LogP contribution in [0.1, 0.15) is 17.5 Å². The van der Waals surface area contributed by atoms with Crippen molar-refractivity contribution in [2.45, 2.75) is 19.6 Å². The number of hydrogen-bond acceptors (Lipinski definition) is 3. The van der Waals surface area contributed by atoms with Crippen LogP contribution in [0, 0.1) is 11.6 Å². The second-order valence-electron chi connectivity index (χ2n) is 4.23. The van der Waals surface area contributed by atoms with Gasteiger partial charge in [-0.25, -0.2) is 13.8 Å². The van der Waals surface area contributed by atoms with Crippen molar-refractivity contribution < 1.29 is 22.0 Å². The summed E-state index contributed by atoms with van der Waals surface area (Å²) in [5, 5.41) is 2.73. The minimum absolute atomic E-state index is 0.000801. The third kappa shape index (κ3) is 3.76. The van der Waals surface area contributed by atoms with Crippen LogP contribution in [-0.4, -0.2) is 11.5 Å². The van der Waals surface area contributed by atoms with Crippen LogP contribution in [0.3, 0.4) is 0 Å². The van der Waals surface area contributed by atoms with E-state index in [1.54, 1.807) is 6.92 Å². The quantitative estimate of drug-likeness (QED) is 0.853. The van der Waals surface area contributed by atoms with E-state index in [-0.39, 0.29) is 22.0 Å². The van der Waals surface area contributed by atoms with Gasteiger partial charge in [0, 0.05) is 18.2 Å². The molecule has 0 amide bonds. The summed E-state index contributed by atoms with van der Waals surface area (Å²) in [4.78, 5) is 3.50. The van der Waals surface area contributed by atoms with Crippen LogP contribution >= 0.6 is 11.3 Å². The van der Waals surface area contributed by atoms with Gasteiger partial charge in [0.25, 0.3) is 0 Å². The van der Waals surface area contributed by atoms with Gasteiger partial charge in [-0.15, -0.1) is 11.3 Å². The highest BCUT2D eigenvalue weighted by atomic mass is 32.1. The van der Waals surface area contributed by atoms with Crippen LogP contribution < -0.4 is 5.32 Å². The molecule has 21 heavy (non-hydrogen) atoms. The first-order valence-corrected chi connectivity index (χ1v) is 6.87. The molecule has 0 saturated heterocycles. The number of thiazole rings is 1. The smallest absolute Gasteiger partial charge is 0.312 e. The van der Waals surface area contributed by atoms with Gasteiger partial charge >= 0.3 is 6.18 Å². The number of halogens is 5. The highest BCUT2D eigenvalue weighted by Crippen LogP contribution is 2.37. The molecule has 0 aliphatic carbocycles. The monoisotopic (exact) mass is 322 g/mol. The molecule has 0 atom stereocenters. The summed E-state index contributed by atoms with van der Waals surface area (Å²) in [6.07, 6.45) is -4.61. The number of nitrogens with zero attached hydrogens (tertiary/aromatic N) is 1. The lowest BCUT2D eigenvalue weighted by molar-refractivity contribution is -0.141. The van der Waals surface area contributed by atoms with Crippen molar-refractivity contribution in [2.75, 3.05) is 6.54 Å². The molecule has 2 nitrogen and oxygen atoms in total. The van der Waals surface area contributed by atoms with Crippen molar-refractivity contribution in [3.8, 4) is 10.6 Å². The summed E-state index contributed by atoms with van der Waals surface area (Å²) in [7, 11) is 0. The van der Waals surface area contributed by atoms with Crippen LogP contribution in [0.4, 0.5) is 22.0 Å². The van der Waals surface area contributed by atoms with Crippen LogP contribution in [0.25, 0.3) is 10.6 Å². The molecule has 0 aliphatic rings. The number of hydrogen-bond donors (Lipinski definition) is 1. The van der Waals surface area contributed by atoms with Crippen LogP contribution in [0.2, 0.25) is 0 Å². The fourth-order valence-electron chi connectivity index (χ4n) is 1.73. The van der Waals surface area contributed by atoms with Crippen molar-refractivity contribution in [2.24, 2.45) is 0 Å². The summed E-state index contributed by atoms with van der Waals surface area (Å²) in [6, 6.07) is 2.57. The van der Waals surface area contributed by atoms with E-state index in [1.807, 2.05) is 0 Å². The molecule has 8 heteroatoms. The third-order valence-corrected chi connectivity index (χ3v) is 3.72. The topological polar surface area (TPSA) is 24.9 Å². The van der Waals surface area contributed by atoms with E-state index in [4.69, 9.17) is 0 Å². The molecule has 1 heterocycles. The molecule has 0 spiro atoms. The van der Waals surface area contributed by atoms with Crippen molar-refractivity contribution in [3.63, 3.8) is 0 Å². The number of aromatic nitrogens is 1. The number of rotatable bonds is 4. The number of benzene rings is 1. The van der Waals surface area contributed by atoms with Crippen molar-refractivity contribution in [1.29, 1.82) is 0 Å². The highest BCUT2D eigenvalue weighted by molar-refractivity contribution is 7.15. The minimum Gasteiger partial charge on any atom is -0.312 e. The van der Waals surface area contributed by atoms with Gasteiger partial charge in [-0.3, -0.25) is 0 Å². The molecule has 0 aliphatic heterocycles. The first-order chi connectivity index (χ1) is 9.81. The largest absolute Gasteiger partial charge is 0.434 e. The van der Waals surface area contributed by atoms with Gasteiger partial charge in [0.2, 0.25) is 0 Å². The van der Waals surface area contributed by atoms with Gasteiger partial charge < -0.3 is 5.32 Å². The summed E-state index contributed by atoms with van der Waals surface area (Å²) < 4.78 is 65.1. The van der Waals surface area contributed by atoms with Gasteiger partial charge in [-0.1, -0.05) is 6.92 Å². The Bertz CT molecular complexity index is 616. The fraction of sp³-hybridized carbons (Fsp3) is 0.308. The second-order valence-corrected chi connectivity index (χ2v) is 5.31. The molecule has 0 unspecified atom stereocenters. The Hall–Kier alpha value is -1.54. The zero-order valence-corrected chi connectivity index (χ0v) is 11.7. The minimum atomic E-state index is -4.61. The molecule has 114 valence electrons. The molecular weight excluding hydrogens is 311 g/mol. The Labute approximate surface area is 121 Å². The molecular formula is C13H11F5N2S. The lowest BCUT2D eigenvalue weighted by atomic mass is 10.2. The van der Waals surface area contributed by atoms with E-state index >= 15 is 0 Å². The normalized spacial score (nSPS) is 11.9. The number of alkyl halides is 3. The maximum absolute atomic E-state index is 13.2. The lowest BCUT2D eigenvalue weighted by Crippen LogP contribution is -2.15. The second kappa shape index (κ2) is 6.07. The highest BCUT2D eigenvalue weighted by Gasteiger charge is 2.37. The van der Waals surface area contributed by atoms with E-state index in [2.05, 4.69) is 10.3 Å². The van der Waals surface area contributed by atoms with E-state index in [0.29, 0.717) is 12.6 Å². The van der Waals surface area contributed by atoms with Gasteiger partial charge in [-0.2, -0.15) is 13.2 Å². The number of nitrogens with one attached hydrogen (secondary N) is 1. The van der Waals surface area contributed by atoms with Crippen molar-refractivity contribution >= 4 is 11.3 Å². The van der Waals surface area contributed by atoms with Gasteiger partial charge in [0.1, 0.15) is 16.6 Å². The van der Waals surface area contributed by atoms with E-state index in [1.165, 1.54) is 0 Å². The zero-order valence-electron chi connectivity index (χ0n) is 10.9. The molecule has 0 saturated carbocycles. The Morgan fingerprint density at radius 3 is 2.29 bits per heavy atom. The first-order valence-electron chi connectivity index (χ1n) is 6.05. The van der Waals surface area contributed by atoms with Gasteiger partial charge in [0.05, 0.1) is 4.88 Å². The van der Waals surface area contributed by atoms with E-state index in [9.17, 15) is 22.0 Å². The molecule has 0 radical (unpaired) electrons. The Balaban J connectivity index is 2.47. The first kappa shape index (κ1) is 15.8. The maximum atomic E-state index is 13.2. The van der Waals surface area contributed by atoms with Crippen molar-refractivity contribution in [1.82, 2.24) is 10.3 Å².